The molecule has 3 aromatic rings. The van der Waals surface area contributed by atoms with Gasteiger partial charge in [-0.05, 0) is 44.9 Å². The van der Waals surface area contributed by atoms with Crippen LogP contribution < -0.4 is 9.80 Å². The van der Waals surface area contributed by atoms with Crippen molar-refractivity contribution in [3.8, 4) is 0 Å². The lowest BCUT2D eigenvalue weighted by molar-refractivity contribution is -0.119. The third-order valence-corrected chi connectivity index (χ3v) is 6.22. The van der Waals surface area contributed by atoms with E-state index in [2.05, 4.69) is 18.8 Å². The minimum Gasteiger partial charge on any atom is -0.345 e. The van der Waals surface area contributed by atoms with Gasteiger partial charge in [0.2, 0.25) is 6.17 Å². The Hall–Kier alpha value is -3.47. The third kappa shape index (κ3) is 3.50. The van der Waals surface area contributed by atoms with Crippen molar-refractivity contribution in [1.29, 1.82) is 0 Å². The van der Waals surface area contributed by atoms with Gasteiger partial charge in [0.25, 0.3) is 5.91 Å². The highest BCUT2D eigenvalue weighted by atomic mass is 16.2. The Labute approximate surface area is 184 Å². The highest BCUT2D eigenvalue weighted by Crippen LogP contribution is 2.33. The molecule has 0 bridgehead atoms. The molecule has 5 heteroatoms. The Kier molecular flexibility index (Phi) is 5.36. The SMILES string of the molecule is Cc1nc(C)c(C)c(N(C)C2N=C(c3ccccc3)c3ccccc3N(C)C2=O)c1C. The zero-order valence-electron chi connectivity index (χ0n) is 19.0. The van der Waals surface area contributed by atoms with Gasteiger partial charge < -0.3 is 9.80 Å². The molecule has 5 nitrogen and oxygen atoms in total. The van der Waals surface area contributed by atoms with E-state index in [4.69, 9.17) is 4.99 Å². The van der Waals surface area contributed by atoms with Crippen LogP contribution in [0.1, 0.15) is 33.6 Å². The van der Waals surface area contributed by atoms with Crippen LogP contribution in [0, 0.1) is 27.7 Å². The van der Waals surface area contributed by atoms with Gasteiger partial charge in [0.05, 0.1) is 11.4 Å². The fourth-order valence-electron chi connectivity index (χ4n) is 4.28. The number of hydrogen-bond donors (Lipinski definition) is 0. The molecule has 31 heavy (non-hydrogen) atoms. The summed E-state index contributed by atoms with van der Waals surface area (Å²) in [7, 11) is 3.78. The number of likely N-dealkylation sites (N-methyl/N-ethyl adjacent to an activating group) is 2. The van der Waals surface area contributed by atoms with E-state index in [1.807, 2.05) is 87.4 Å². The minimum atomic E-state index is -0.689. The molecule has 4 rings (SSSR count). The Morgan fingerprint density at radius 3 is 2.10 bits per heavy atom. The van der Waals surface area contributed by atoms with Crippen molar-refractivity contribution in [2.24, 2.45) is 4.99 Å². The molecule has 2 heterocycles. The van der Waals surface area contributed by atoms with Gasteiger partial charge in [-0.15, -0.1) is 0 Å². The lowest BCUT2D eigenvalue weighted by atomic mass is 10.0. The zero-order valence-corrected chi connectivity index (χ0v) is 19.0. The number of carbonyl (C=O) groups is 1. The number of aliphatic imine (C=N–C) groups is 1. The second-order valence-corrected chi connectivity index (χ2v) is 8.12. The summed E-state index contributed by atoms with van der Waals surface area (Å²) in [5, 5.41) is 0. The Bertz CT molecular complexity index is 1160. The maximum Gasteiger partial charge on any atom is 0.272 e. The van der Waals surface area contributed by atoms with Crippen molar-refractivity contribution in [3.05, 3.63) is 88.2 Å². The van der Waals surface area contributed by atoms with Crippen LogP contribution in [0.2, 0.25) is 0 Å². The molecule has 0 saturated heterocycles. The fraction of sp³-hybridized carbons (Fsp3) is 0.269. The fourth-order valence-corrected chi connectivity index (χ4v) is 4.28. The number of hydrogen-bond acceptors (Lipinski definition) is 4. The number of benzene rings is 2. The average molecular weight is 413 g/mol. The monoisotopic (exact) mass is 412 g/mol. The van der Waals surface area contributed by atoms with Crippen LogP contribution in [0.15, 0.2) is 59.6 Å². The van der Waals surface area contributed by atoms with Gasteiger partial charge in [-0.3, -0.25) is 9.78 Å². The van der Waals surface area contributed by atoms with Gasteiger partial charge in [0, 0.05) is 42.3 Å². The summed E-state index contributed by atoms with van der Waals surface area (Å²) in [6, 6.07) is 18.0. The number of aryl methyl sites for hydroxylation is 2. The van der Waals surface area contributed by atoms with Crippen molar-refractivity contribution >= 4 is 23.0 Å². The van der Waals surface area contributed by atoms with Crippen LogP contribution in [-0.4, -0.2) is 36.9 Å². The first-order valence-corrected chi connectivity index (χ1v) is 10.5. The molecule has 0 radical (unpaired) electrons. The maximum atomic E-state index is 13.7. The van der Waals surface area contributed by atoms with E-state index in [0.29, 0.717) is 0 Å². The number of para-hydroxylation sites is 1. The zero-order chi connectivity index (χ0) is 22.3. The first kappa shape index (κ1) is 20.8. The molecule has 1 atom stereocenters. The van der Waals surface area contributed by atoms with E-state index in [9.17, 15) is 4.79 Å². The molecular weight excluding hydrogens is 384 g/mol. The highest BCUT2D eigenvalue weighted by Gasteiger charge is 2.34. The van der Waals surface area contributed by atoms with Crippen molar-refractivity contribution in [2.75, 3.05) is 23.9 Å². The smallest absolute Gasteiger partial charge is 0.272 e. The molecule has 1 aliphatic heterocycles. The number of amides is 1. The van der Waals surface area contributed by atoms with Crippen LogP contribution in [-0.2, 0) is 4.79 Å². The first-order valence-electron chi connectivity index (χ1n) is 10.5. The lowest BCUT2D eigenvalue weighted by Crippen LogP contribution is -2.45. The minimum absolute atomic E-state index is 0.0631. The summed E-state index contributed by atoms with van der Waals surface area (Å²) >= 11 is 0. The molecule has 1 amide bonds. The molecular formula is C26H28N4O. The Morgan fingerprint density at radius 2 is 1.45 bits per heavy atom. The van der Waals surface area contributed by atoms with Crippen LogP contribution >= 0.6 is 0 Å². The van der Waals surface area contributed by atoms with Gasteiger partial charge in [-0.1, -0.05) is 48.5 Å². The third-order valence-electron chi connectivity index (χ3n) is 6.22. The van der Waals surface area contributed by atoms with Gasteiger partial charge >= 0.3 is 0 Å². The highest BCUT2D eigenvalue weighted by molar-refractivity contribution is 6.20. The summed E-state index contributed by atoms with van der Waals surface area (Å²) in [5.41, 5.74) is 8.72. The molecule has 158 valence electrons. The predicted octanol–water partition coefficient (Wildman–Crippen LogP) is 4.59. The van der Waals surface area contributed by atoms with Gasteiger partial charge in [0.1, 0.15) is 0 Å². The number of nitrogens with zero attached hydrogens (tertiary/aromatic N) is 4. The maximum absolute atomic E-state index is 13.7. The molecule has 1 aromatic heterocycles. The summed E-state index contributed by atoms with van der Waals surface area (Å²) < 4.78 is 0. The molecule has 1 unspecified atom stereocenters. The lowest BCUT2D eigenvalue weighted by Gasteiger charge is -2.31. The van der Waals surface area contributed by atoms with Crippen LogP contribution in [0.3, 0.4) is 0 Å². The number of benzodiazepines with no additional fused rings is 1. The van der Waals surface area contributed by atoms with Gasteiger partial charge in [0.15, 0.2) is 0 Å². The van der Waals surface area contributed by atoms with Crippen LogP contribution in [0.25, 0.3) is 0 Å². The Morgan fingerprint density at radius 1 is 0.871 bits per heavy atom. The molecule has 0 aliphatic carbocycles. The number of aromatic nitrogens is 1. The average Bonchev–Trinajstić information content (AvgIpc) is 2.88. The van der Waals surface area contributed by atoms with Crippen molar-refractivity contribution in [3.63, 3.8) is 0 Å². The van der Waals surface area contributed by atoms with E-state index in [1.165, 1.54) is 0 Å². The summed E-state index contributed by atoms with van der Waals surface area (Å²) in [6.07, 6.45) is -0.689. The van der Waals surface area contributed by atoms with Crippen molar-refractivity contribution < 1.29 is 4.79 Å². The van der Waals surface area contributed by atoms with Crippen LogP contribution in [0.5, 0.6) is 0 Å². The van der Waals surface area contributed by atoms with Crippen molar-refractivity contribution in [2.45, 2.75) is 33.9 Å². The number of pyridine rings is 1. The molecule has 0 fully saturated rings. The molecule has 0 N–H and O–H groups in total. The molecule has 1 aliphatic rings. The second kappa shape index (κ2) is 7.99. The van der Waals surface area contributed by atoms with Gasteiger partial charge in [-0.2, -0.15) is 0 Å². The standard InChI is InChI=1S/C26H28N4O/c1-16-18(3)27-19(4)17(2)24(16)30(6)25-26(31)29(5)22-15-11-10-14-21(22)23(28-25)20-12-8-7-9-13-20/h7-15,25H,1-6H3. The van der Waals surface area contributed by atoms with Gasteiger partial charge in [-0.25, -0.2) is 4.99 Å². The largest absolute Gasteiger partial charge is 0.345 e. The topological polar surface area (TPSA) is 48.8 Å². The van der Waals surface area contributed by atoms with E-state index >= 15 is 0 Å². The van der Waals surface area contributed by atoms with E-state index in [1.54, 1.807) is 4.90 Å². The molecule has 0 spiro atoms. The Balaban J connectivity index is 1.94. The molecule has 0 saturated carbocycles. The molecule has 2 aromatic carbocycles. The number of carbonyl (C=O) groups excluding carboxylic acids is 1. The van der Waals surface area contributed by atoms with E-state index in [-0.39, 0.29) is 5.91 Å². The van der Waals surface area contributed by atoms with E-state index < -0.39 is 6.17 Å². The quantitative estimate of drug-likeness (QED) is 0.632. The number of rotatable bonds is 3. The summed E-state index contributed by atoms with van der Waals surface area (Å²) in [6.45, 7) is 8.13. The number of anilines is 2. The number of fused-ring (bicyclic) bond motifs is 1. The second-order valence-electron chi connectivity index (χ2n) is 8.12. The first-order chi connectivity index (χ1) is 14.8. The normalized spacial score (nSPS) is 15.9. The van der Waals surface area contributed by atoms with E-state index in [0.717, 1.165) is 50.7 Å². The van der Waals surface area contributed by atoms with Crippen LogP contribution in [0.4, 0.5) is 11.4 Å². The van der Waals surface area contributed by atoms with Crippen molar-refractivity contribution in [1.82, 2.24) is 4.98 Å². The predicted molar refractivity (Wildman–Crippen MR) is 127 cm³/mol. The summed E-state index contributed by atoms with van der Waals surface area (Å²) in [4.78, 5) is 27.1. The summed E-state index contributed by atoms with van der Waals surface area (Å²) in [5.74, 6) is -0.0631.